The normalized spacial score (nSPS) is 27.6. The van der Waals surface area contributed by atoms with E-state index in [1.165, 1.54) is 6.07 Å². The molecule has 0 aromatic carbocycles. The Hall–Kier alpha value is -1.55. The smallest absolute Gasteiger partial charge is 0.368 e. The molecule has 1 heterocycles. The lowest BCUT2D eigenvalue weighted by atomic mass is 9.95. The van der Waals surface area contributed by atoms with Gasteiger partial charge in [-0.3, -0.25) is 4.79 Å². The minimum Gasteiger partial charge on any atom is -0.368 e. The molecule has 1 rings (SSSR count). The largest absolute Gasteiger partial charge is 0.431 e. The molecule has 7 heteroatoms. The summed E-state index contributed by atoms with van der Waals surface area (Å²) >= 11 is 0. The van der Waals surface area contributed by atoms with Gasteiger partial charge in [0.15, 0.2) is 0 Å². The number of nitrogens with zero attached hydrogens (tertiary/aromatic N) is 1. The van der Waals surface area contributed by atoms with Crippen LogP contribution in [0.5, 0.6) is 0 Å². The minimum absolute atomic E-state index is 0.280. The Morgan fingerprint density at radius 1 is 1.57 bits per heavy atom. The van der Waals surface area contributed by atoms with Crippen molar-refractivity contribution in [3.05, 3.63) is 11.3 Å². The van der Waals surface area contributed by atoms with Crippen molar-refractivity contribution in [3.63, 3.8) is 0 Å². The van der Waals surface area contributed by atoms with Crippen molar-refractivity contribution in [1.82, 2.24) is 5.32 Å². The van der Waals surface area contributed by atoms with Crippen LogP contribution in [0.3, 0.4) is 0 Å². The Bertz CT molecular complexity index is 366. The third-order valence-corrected chi connectivity index (χ3v) is 1.89. The van der Waals surface area contributed by atoms with E-state index in [-0.39, 0.29) is 5.70 Å². The van der Waals surface area contributed by atoms with Gasteiger partial charge in [-0.25, -0.2) is 0 Å². The highest BCUT2D eigenvalue weighted by Gasteiger charge is 2.65. The molecule has 1 amide bonds. The maximum absolute atomic E-state index is 12.3. The number of carbonyl (C=O) groups is 1. The van der Waals surface area contributed by atoms with Crippen LogP contribution in [-0.2, 0) is 4.79 Å². The van der Waals surface area contributed by atoms with E-state index in [2.05, 4.69) is 0 Å². The van der Waals surface area contributed by atoms with Gasteiger partial charge in [0.05, 0.1) is 5.57 Å². The van der Waals surface area contributed by atoms with Crippen LogP contribution in [0, 0.1) is 11.3 Å². The minimum atomic E-state index is -5.19. The molecule has 0 aromatic rings. The van der Waals surface area contributed by atoms with Crippen LogP contribution in [0.4, 0.5) is 13.2 Å². The quantitative estimate of drug-likeness (QED) is 0.594. The van der Waals surface area contributed by atoms with E-state index in [1.807, 2.05) is 0 Å². The van der Waals surface area contributed by atoms with Gasteiger partial charge < -0.3 is 10.4 Å². The number of nitriles is 1. The molecule has 2 N–H and O–H groups in total. The Morgan fingerprint density at radius 2 is 2.07 bits per heavy atom. The first kappa shape index (κ1) is 10.5. The van der Waals surface area contributed by atoms with Crippen molar-refractivity contribution >= 4 is 5.91 Å². The maximum Gasteiger partial charge on any atom is 0.431 e. The van der Waals surface area contributed by atoms with Crippen LogP contribution in [0.25, 0.3) is 0 Å². The van der Waals surface area contributed by atoms with E-state index < -0.39 is 23.3 Å². The van der Waals surface area contributed by atoms with Crippen LogP contribution in [-0.4, -0.2) is 22.8 Å². The predicted molar refractivity (Wildman–Crippen MR) is 37.5 cm³/mol. The molecule has 0 saturated carbocycles. The summed E-state index contributed by atoms with van der Waals surface area (Å²) < 4.78 is 36.9. The van der Waals surface area contributed by atoms with Crippen LogP contribution in [0.15, 0.2) is 11.3 Å². The highest BCUT2D eigenvalue weighted by Crippen LogP contribution is 2.40. The zero-order chi connectivity index (χ0) is 11.1. The molecular formula is C7H5F3N2O2. The Morgan fingerprint density at radius 3 is 2.36 bits per heavy atom. The Kier molecular flexibility index (Phi) is 2.04. The van der Waals surface area contributed by atoms with Gasteiger partial charge in [0, 0.05) is 5.70 Å². The Balaban J connectivity index is 3.36. The number of alkyl halides is 3. The van der Waals surface area contributed by atoms with Gasteiger partial charge >= 0.3 is 6.18 Å². The van der Waals surface area contributed by atoms with E-state index in [9.17, 15) is 18.0 Å². The van der Waals surface area contributed by atoms with Gasteiger partial charge in [-0.15, -0.1) is 0 Å². The topological polar surface area (TPSA) is 73.1 Å². The zero-order valence-corrected chi connectivity index (χ0v) is 6.94. The van der Waals surface area contributed by atoms with Crippen LogP contribution < -0.4 is 5.32 Å². The SMILES string of the molecule is CC1=C(C#N)[C@@](O)(C(F)(F)F)C(=O)N1. The molecule has 0 spiro atoms. The lowest BCUT2D eigenvalue weighted by Gasteiger charge is -2.22. The van der Waals surface area contributed by atoms with E-state index in [1.54, 1.807) is 5.32 Å². The van der Waals surface area contributed by atoms with Gasteiger partial charge in [0.2, 0.25) is 0 Å². The van der Waals surface area contributed by atoms with E-state index in [0.717, 1.165) is 6.92 Å². The second-order valence-electron chi connectivity index (χ2n) is 2.77. The second kappa shape index (κ2) is 2.72. The monoisotopic (exact) mass is 206 g/mol. The van der Waals surface area contributed by atoms with Crippen LogP contribution in [0.1, 0.15) is 6.92 Å². The standard InChI is InChI=1S/C7H5F3N2O2/c1-3-4(2-11)6(14,5(13)12-3)7(8,9)10/h14H,1H3,(H,12,13)/t6-/m0/s1. The third kappa shape index (κ3) is 1.08. The fourth-order valence-corrected chi connectivity index (χ4v) is 1.14. The van der Waals surface area contributed by atoms with E-state index in [4.69, 9.17) is 10.4 Å². The molecular weight excluding hydrogens is 201 g/mol. The van der Waals surface area contributed by atoms with Gasteiger partial charge in [-0.05, 0) is 6.92 Å². The summed E-state index contributed by atoms with van der Waals surface area (Å²) in [6.45, 7) is 1.11. The molecule has 0 aromatic heterocycles. The fourth-order valence-electron chi connectivity index (χ4n) is 1.14. The Labute approximate surface area is 76.6 Å². The molecule has 0 saturated heterocycles. The van der Waals surface area contributed by atoms with Gasteiger partial charge in [0.1, 0.15) is 6.07 Å². The molecule has 0 fully saturated rings. The number of carbonyl (C=O) groups excluding carboxylic acids is 1. The van der Waals surface area contributed by atoms with Gasteiger partial charge in [-0.2, -0.15) is 18.4 Å². The lowest BCUT2D eigenvalue weighted by Crippen LogP contribution is -2.53. The van der Waals surface area contributed by atoms with Crippen molar-refractivity contribution in [3.8, 4) is 6.07 Å². The number of nitrogens with one attached hydrogen (secondary N) is 1. The molecule has 0 bridgehead atoms. The molecule has 1 atom stereocenters. The predicted octanol–water partition coefficient (Wildman–Crippen LogP) is 0.207. The summed E-state index contributed by atoms with van der Waals surface area (Å²) in [4.78, 5) is 10.8. The number of amides is 1. The lowest BCUT2D eigenvalue weighted by molar-refractivity contribution is -0.234. The van der Waals surface area contributed by atoms with Gasteiger partial charge in [-0.1, -0.05) is 0 Å². The molecule has 14 heavy (non-hydrogen) atoms. The molecule has 0 unspecified atom stereocenters. The number of hydrogen-bond donors (Lipinski definition) is 2. The summed E-state index contributed by atoms with van der Waals surface area (Å²) in [6.07, 6.45) is -5.19. The molecule has 1 aliphatic rings. The number of allylic oxidation sites excluding steroid dienone is 1. The number of halogens is 3. The average Bonchev–Trinajstić information content (AvgIpc) is 2.23. The first-order valence-electron chi connectivity index (χ1n) is 3.47. The van der Waals surface area contributed by atoms with Crippen LogP contribution >= 0.6 is 0 Å². The van der Waals surface area contributed by atoms with Crippen molar-refractivity contribution in [2.24, 2.45) is 0 Å². The summed E-state index contributed by atoms with van der Waals surface area (Å²) in [5.74, 6) is -1.64. The molecule has 0 radical (unpaired) electrons. The summed E-state index contributed by atoms with van der Waals surface area (Å²) in [5.41, 5.74) is -4.99. The third-order valence-electron chi connectivity index (χ3n) is 1.89. The summed E-state index contributed by atoms with van der Waals surface area (Å²) in [5, 5.41) is 19.3. The second-order valence-corrected chi connectivity index (χ2v) is 2.77. The van der Waals surface area contributed by atoms with Crippen molar-refractivity contribution in [2.75, 3.05) is 0 Å². The maximum atomic E-state index is 12.3. The van der Waals surface area contributed by atoms with E-state index >= 15 is 0 Å². The highest BCUT2D eigenvalue weighted by atomic mass is 19.4. The molecule has 1 aliphatic heterocycles. The first-order chi connectivity index (χ1) is 6.25. The number of rotatable bonds is 0. The molecule has 76 valence electrons. The van der Waals surface area contributed by atoms with E-state index in [0.29, 0.717) is 0 Å². The average molecular weight is 206 g/mol. The highest BCUT2D eigenvalue weighted by molar-refractivity contribution is 5.95. The first-order valence-corrected chi connectivity index (χ1v) is 3.47. The number of aliphatic hydroxyl groups is 1. The van der Waals surface area contributed by atoms with Crippen molar-refractivity contribution < 1.29 is 23.1 Å². The zero-order valence-electron chi connectivity index (χ0n) is 6.94. The van der Waals surface area contributed by atoms with Crippen LogP contribution in [0.2, 0.25) is 0 Å². The summed E-state index contributed by atoms with van der Waals surface area (Å²) in [7, 11) is 0. The molecule has 4 nitrogen and oxygen atoms in total. The van der Waals surface area contributed by atoms with Gasteiger partial charge in [0.25, 0.3) is 11.5 Å². The molecule has 0 aliphatic carbocycles. The fraction of sp³-hybridized carbons (Fsp3) is 0.429. The van der Waals surface area contributed by atoms with Crippen molar-refractivity contribution in [1.29, 1.82) is 5.26 Å². The number of hydrogen-bond acceptors (Lipinski definition) is 3. The van der Waals surface area contributed by atoms with Crippen molar-refractivity contribution in [2.45, 2.75) is 18.7 Å². The summed E-state index contributed by atoms with van der Waals surface area (Å²) in [6, 6.07) is 1.17.